The van der Waals surface area contributed by atoms with Gasteiger partial charge in [-0.1, -0.05) is 32.6 Å². The van der Waals surface area contributed by atoms with Crippen LogP contribution in [-0.2, 0) is 4.79 Å². The second kappa shape index (κ2) is 3.89. The molecule has 0 heterocycles. The molecule has 0 aliphatic heterocycles. The first-order chi connectivity index (χ1) is 5.27. The fraction of sp³-hybridized carbons (Fsp3) is 0.667. The number of hydrogen-bond donors (Lipinski definition) is 1. The molecule has 0 aliphatic carbocycles. The average Bonchev–Trinajstić information content (AvgIpc) is 1.85. The zero-order chi connectivity index (χ0) is 9.94. The van der Waals surface area contributed by atoms with Crippen molar-refractivity contribution >= 4 is 14.0 Å². The Labute approximate surface area is 75.3 Å². The van der Waals surface area contributed by atoms with E-state index in [1.165, 1.54) is 0 Å². The van der Waals surface area contributed by atoms with Crippen molar-refractivity contribution in [2.45, 2.75) is 39.4 Å². The Bertz CT molecular complexity index is 205. The highest BCUT2D eigenvalue weighted by Crippen LogP contribution is 2.22. The van der Waals surface area contributed by atoms with Gasteiger partial charge in [-0.25, -0.2) is 4.79 Å². The molecule has 3 heteroatoms. The van der Waals surface area contributed by atoms with Crippen LogP contribution in [0.1, 0.15) is 20.8 Å². The average molecular weight is 186 g/mol. The van der Waals surface area contributed by atoms with Crippen LogP contribution in [0.2, 0.25) is 18.6 Å². The summed E-state index contributed by atoms with van der Waals surface area (Å²) in [7, 11) is -1.45. The summed E-state index contributed by atoms with van der Waals surface area (Å²) < 4.78 is 0. The topological polar surface area (TPSA) is 37.3 Å². The third kappa shape index (κ3) is 3.22. The van der Waals surface area contributed by atoms with Crippen molar-refractivity contribution in [3.05, 3.63) is 11.3 Å². The number of carboxylic acids is 1. The van der Waals surface area contributed by atoms with Crippen molar-refractivity contribution in [1.29, 1.82) is 0 Å². The van der Waals surface area contributed by atoms with Crippen LogP contribution in [0.25, 0.3) is 0 Å². The van der Waals surface area contributed by atoms with Gasteiger partial charge in [0.05, 0.1) is 8.07 Å². The van der Waals surface area contributed by atoms with Crippen molar-refractivity contribution < 1.29 is 9.90 Å². The summed E-state index contributed by atoms with van der Waals surface area (Å²) in [6.07, 6.45) is 0. The molecule has 0 unspecified atom stereocenters. The quantitative estimate of drug-likeness (QED) is 0.543. The molecule has 12 heavy (non-hydrogen) atoms. The maximum Gasteiger partial charge on any atom is 0.330 e. The van der Waals surface area contributed by atoms with Crippen LogP contribution < -0.4 is 0 Å². The smallest absolute Gasteiger partial charge is 0.330 e. The highest BCUT2D eigenvalue weighted by molar-refractivity contribution is 6.83. The lowest BCUT2D eigenvalue weighted by Gasteiger charge is -2.22. The normalized spacial score (nSPS) is 13.7. The lowest BCUT2D eigenvalue weighted by molar-refractivity contribution is -0.132. The third-order valence-electron chi connectivity index (χ3n) is 2.41. The van der Waals surface area contributed by atoms with Crippen LogP contribution in [-0.4, -0.2) is 19.1 Å². The molecule has 1 N–H and O–H groups in total. The van der Waals surface area contributed by atoms with Gasteiger partial charge in [0.1, 0.15) is 0 Å². The maximum absolute atomic E-state index is 10.6. The zero-order valence-corrected chi connectivity index (χ0v) is 9.51. The SMILES string of the molecule is CC(=C[Si](C)(C)C(C)C)C(=O)O. The van der Waals surface area contributed by atoms with E-state index in [9.17, 15) is 4.79 Å². The summed E-state index contributed by atoms with van der Waals surface area (Å²) in [5, 5.41) is 8.68. The van der Waals surface area contributed by atoms with E-state index in [-0.39, 0.29) is 0 Å². The molecule has 0 fully saturated rings. The minimum atomic E-state index is -1.45. The van der Waals surface area contributed by atoms with Crippen molar-refractivity contribution in [3.8, 4) is 0 Å². The first-order valence-electron chi connectivity index (χ1n) is 4.20. The number of carbonyl (C=O) groups is 1. The summed E-state index contributed by atoms with van der Waals surface area (Å²) in [4.78, 5) is 10.6. The maximum atomic E-state index is 10.6. The van der Waals surface area contributed by atoms with E-state index in [1.54, 1.807) is 6.92 Å². The Balaban J connectivity index is 4.61. The van der Waals surface area contributed by atoms with Gasteiger partial charge < -0.3 is 5.11 Å². The minimum Gasteiger partial charge on any atom is -0.478 e. The molecule has 0 atom stereocenters. The Morgan fingerprint density at radius 2 is 1.83 bits per heavy atom. The van der Waals surface area contributed by atoms with Gasteiger partial charge in [0, 0.05) is 5.57 Å². The van der Waals surface area contributed by atoms with Gasteiger partial charge in [-0.15, -0.1) is 0 Å². The molecule has 0 spiro atoms. The molecule has 0 saturated heterocycles. The van der Waals surface area contributed by atoms with Gasteiger partial charge in [-0.05, 0) is 12.5 Å². The van der Waals surface area contributed by atoms with E-state index in [4.69, 9.17) is 5.11 Å². The molecule has 0 aromatic rings. The van der Waals surface area contributed by atoms with E-state index < -0.39 is 14.0 Å². The standard InChI is InChI=1S/C9H18O2Si/c1-7(2)12(4,5)6-8(3)9(10)11/h6-7H,1-5H3,(H,10,11). The van der Waals surface area contributed by atoms with Crippen LogP contribution in [0.15, 0.2) is 11.3 Å². The van der Waals surface area contributed by atoms with Gasteiger partial charge in [0.25, 0.3) is 0 Å². The van der Waals surface area contributed by atoms with Crippen LogP contribution in [0.3, 0.4) is 0 Å². The Morgan fingerprint density at radius 1 is 1.42 bits per heavy atom. The molecular weight excluding hydrogens is 168 g/mol. The summed E-state index contributed by atoms with van der Waals surface area (Å²) in [6, 6.07) is 0. The van der Waals surface area contributed by atoms with Gasteiger partial charge in [0.2, 0.25) is 0 Å². The molecule has 0 aromatic carbocycles. The fourth-order valence-corrected chi connectivity index (χ4v) is 2.36. The molecule has 2 nitrogen and oxygen atoms in total. The van der Waals surface area contributed by atoms with E-state index in [1.807, 2.05) is 5.70 Å². The number of hydrogen-bond acceptors (Lipinski definition) is 1. The molecule has 0 radical (unpaired) electrons. The fourth-order valence-electron chi connectivity index (χ4n) is 0.786. The lowest BCUT2D eigenvalue weighted by Crippen LogP contribution is -2.28. The molecular formula is C9H18O2Si. The van der Waals surface area contributed by atoms with Crippen molar-refractivity contribution in [1.82, 2.24) is 0 Å². The molecule has 0 saturated carbocycles. The van der Waals surface area contributed by atoms with Crippen molar-refractivity contribution in [2.75, 3.05) is 0 Å². The number of aliphatic carboxylic acids is 1. The first kappa shape index (κ1) is 11.4. The largest absolute Gasteiger partial charge is 0.478 e. The molecule has 0 amide bonds. The van der Waals surface area contributed by atoms with Crippen LogP contribution in [0.4, 0.5) is 0 Å². The van der Waals surface area contributed by atoms with E-state index in [0.29, 0.717) is 11.1 Å². The number of rotatable bonds is 3. The first-order valence-corrected chi connectivity index (χ1v) is 7.35. The Morgan fingerprint density at radius 3 is 2.08 bits per heavy atom. The molecule has 0 rings (SSSR count). The zero-order valence-electron chi connectivity index (χ0n) is 8.51. The van der Waals surface area contributed by atoms with Crippen molar-refractivity contribution in [2.24, 2.45) is 0 Å². The van der Waals surface area contributed by atoms with Crippen molar-refractivity contribution in [3.63, 3.8) is 0 Å². The lowest BCUT2D eigenvalue weighted by atomic mass is 10.4. The molecule has 0 aromatic heterocycles. The highest BCUT2D eigenvalue weighted by atomic mass is 28.3. The highest BCUT2D eigenvalue weighted by Gasteiger charge is 2.23. The monoisotopic (exact) mass is 186 g/mol. The summed E-state index contributed by atoms with van der Waals surface area (Å²) >= 11 is 0. The van der Waals surface area contributed by atoms with Gasteiger partial charge in [-0.3, -0.25) is 0 Å². The summed E-state index contributed by atoms with van der Waals surface area (Å²) in [5.41, 5.74) is 3.03. The third-order valence-corrected chi connectivity index (χ3v) is 6.57. The Hall–Kier alpha value is -0.573. The van der Waals surface area contributed by atoms with Gasteiger partial charge in [0.15, 0.2) is 0 Å². The van der Waals surface area contributed by atoms with Gasteiger partial charge in [-0.2, -0.15) is 0 Å². The van der Waals surface area contributed by atoms with E-state index in [0.717, 1.165) is 0 Å². The van der Waals surface area contributed by atoms with Crippen LogP contribution in [0, 0.1) is 0 Å². The van der Waals surface area contributed by atoms with Gasteiger partial charge >= 0.3 is 5.97 Å². The van der Waals surface area contributed by atoms with E-state index >= 15 is 0 Å². The van der Waals surface area contributed by atoms with E-state index in [2.05, 4.69) is 26.9 Å². The molecule has 0 bridgehead atoms. The Kier molecular flexibility index (Phi) is 3.71. The summed E-state index contributed by atoms with van der Waals surface area (Å²) in [6.45, 7) is 10.3. The molecule has 70 valence electrons. The van der Waals surface area contributed by atoms with Crippen LogP contribution in [0.5, 0.6) is 0 Å². The second-order valence-electron chi connectivity index (χ2n) is 4.11. The second-order valence-corrected chi connectivity index (χ2v) is 9.19. The molecule has 0 aliphatic rings. The minimum absolute atomic E-state index is 0.486. The number of carboxylic acid groups (broad SMARTS) is 1. The predicted octanol–water partition coefficient (Wildman–Crippen LogP) is 2.67. The van der Waals surface area contributed by atoms with Crippen LogP contribution >= 0.6 is 0 Å². The predicted molar refractivity (Wildman–Crippen MR) is 54.0 cm³/mol. The summed E-state index contributed by atoms with van der Waals surface area (Å²) in [5.74, 6) is -0.795.